The van der Waals surface area contributed by atoms with E-state index in [1.165, 1.54) is 11.8 Å². The SMILES string of the molecule is Cc1ccc([C@@H]2C(C#Cc3ccccc3)=COC(=O)[C@H]2Cc2ccccc2)cc1. The zero-order valence-corrected chi connectivity index (χ0v) is 16.3. The molecular formula is C27H22O2. The fraction of sp³-hybridized carbons (Fsp3) is 0.148. The lowest BCUT2D eigenvalue weighted by Gasteiger charge is -2.29. The quantitative estimate of drug-likeness (QED) is 0.449. The van der Waals surface area contributed by atoms with Crippen LogP contribution in [0.5, 0.6) is 0 Å². The summed E-state index contributed by atoms with van der Waals surface area (Å²) in [5.41, 5.74) is 5.16. The standard InChI is InChI=1S/C27H22O2/c1-20-12-15-23(16-13-20)26-24(17-14-21-8-4-2-5-9-21)19-29-27(28)25(26)18-22-10-6-3-7-11-22/h2-13,15-16,19,25-26H,18H2,1H3/t25-,26+/m0/s1. The molecule has 3 aromatic rings. The van der Waals surface area contributed by atoms with Crippen LogP contribution in [0.3, 0.4) is 0 Å². The van der Waals surface area contributed by atoms with Crippen molar-refractivity contribution in [1.29, 1.82) is 0 Å². The number of ether oxygens (including phenoxy) is 1. The molecule has 0 saturated heterocycles. The number of hydrogen-bond donors (Lipinski definition) is 0. The van der Waals surface area contributed by atoms with Crippen molar-refractivity contribution in [1.82, 2.24) is 0 Å². The van der Waals surface area contributed by atoms with Crippen molar-refractivity contribution in [3.63, 3.8) is 0 Å². The molecule has 0 spiro atoms. The van der Waals surface area contributed by atoms with Crippen molar-refractivity contribution >= 4 is 5.97 Å². The smallest absolute Gasteiger partial charge is 0.315 e. The summed E-state index contributed by atoms with van der Waals surface area (Å²) in [6, 6.07) is 28.3. The normalized spacial score (nSPS) is 18.2. The summed E-state index contributed by atoms with van der Waals surface area (Å²) in [7, 11) is 0. The van der Waals surface area contributed by atoms with Crippen molar-refractivity contribution in [2.24, 2.45) is 5.92 Å². The molecule has 2 atom stereocenters. The Morgan fingerprint density at radius 2 is 1.48 bits per heavy atom. The maximum atomic E-state index is 12.8. The van der Waals surface area contributed by atoms with Gasteiger partial charge in [-0.2, -0.15) is 0 Å². The third-order valence-electron chi connectivity index (χ3n) is 5.20. The molecule has 142 valence electrons. The van der Waals surface area contributed by atoms with Crippen LogP contribution < -0.4 is 0 Å². The maximum absolute atomic E-state index is 12.8. The van der Waals surface area contributed by atoms with Crippen LogP contribution in [-0.2, 0) is 16.0 Å². The first-order valence-corrected chi connectivity index (χ1v) is 9.79. The molecule has 3 aromatic carbocycles. The number of cyclic esters (lactones) is 1. The molecule has 2 nitrogen and oxygen atoms in total. The van der Waals surface area contributed by atoms with Gasteiger partial charge >= 0.3 is 5.97 Å². The van der Waals surface area contributed by atoms with Crippen LogP contribution in [0.1, 0.15) is 28.2 Å². The van der Waals surface area contributed by atoms with Gasteiger partial charge in [-0.05, 0) is 36.6 Å². The maximum Gasteiger partial charge on any atom is 0.315 e. The highest BCUT2D eigenvalue weighted by molar-refractivity contribution is 5.78. The Hall–Kier alpha value is -3.57. The highest BCUT2D eigenvalue weighted by Gasteiger charge is 2.36. The lowest BCUT2D eigenvalue weighted by molar-refractivity contribution is -0.144. The van der Waals surface area contributed by atoms with Gasteiger partial charge in [0.2, 0.25) is 0 Å². The topological polar surface area (TPSA) is 26.3 Å². The van der Waals surface area contributed by atoms with Crippen molar-refractivity contribution in [2.75, 3.05) is 0 Å². The van der Waals surface area contributed by atoms with E-state index in [2.05, 4.69) is 43.0 Å². The predicted octanol–water partition coefficient (Wildman–Crippen LogP) is 5.43. The third kappa shape index (κ3) is 4.47. The van der Waals surface area contributed by atoms with Gasteiger partial charge in [-0.3, -0.25) is 4.79 Å². The predicted molar refractivity (Wildman–Crippen MR) is 115 cm³/mol. The molecule has 0 bridgehead atoms. The summed E-state index contributed by atoms with van der Waals surface area (Å²) in [6.45, 7) is 2.06. The fourth-order valence-electron chi connectivity index (χ4n) is 3.66. The minimum Gasteiger partial charge on any atom is -0.433 e. The fourth-order valence-corrected chi connectivity index (χ4v) is 3.66. The molecule has 1 aliphatic rings. The number of carbonyl (C=O) groups excluding carboxylic acids is 1. The van der Waals surface area contributed by atoms with Crippen LogP contribution in [0.4, 0.5) is 0 Å². The molecule has 0 fully saturated rings. The third-order valence-corrected chi connectivity index (χ3v) is 5.20. The van der Waals surface area contributed by atoms with E-state index < -0.39 is 0 Å². The number of esters is 1. The molecular weight excluding hydrogens is 356 g/mol. The molecule has 0 aliphatic carbocycles. The van der Waals surface area contributed by atoms with Crippen LogP contribution in [0.2, 0.25) is 0 Å². The van der Waals surface area contributed by atoms with Gasteiger partial charge in [0.25, 0.3) is 0 Å². The summed E-state index contributed by atoms with van der Waals surface area (Å²) in [5, 5.41) is 0. The first-order chi connectivity index (χ1) is 14.2. The van der Waals surface area contributed by atoms with Gasteiger partial charge in [0, 0.05) is 17.1 Å². The van der Waals surface area contributed by atoms with Crippen molar-refractivity contribution in [3.8, 4) is 11.8 Å². The van der Waals surface area contributed by atoms with Crippen LogP contribution in [0.15, 0.2) is 96.8 Å². The Morgan fingerprint density at radius 1 is 0.828 bits per heavy atom. The Labute approximate surface area is 171 Å². The van der Waals surface area contributed by atoms with Gasteiger partial charge in [-0.15, -0.1) is 0 Å². The van der Waals surface area contributed by atoms with E-state index in [0.29, 0.717) is 6.42 Å². The number of allylic oxidation sites excluding steroid dienone is 1. The molecule has 0 N–H and O–H groups in total. The largest absolute Gasteiger partial charge is 0.433 e. The number of aryl methyl sites for hydroxylation is 1. The second-order valence-corrected chi connectivity index (χ2v) is 7.31. The Bertz CT molecular complexity index is 1070. The first-order valence-electron chi connectivity index (χ1n) is 9.79. The summed E-state index contributed by atoms with van der Waals surface area (Å²) in [5.74, 6) is 5.84. The van der Waals surface area contributed by atoms with Gasteiger partial charge in [-0.1, -0.05) is 90.2 Å². The summed E-state index contributed by atoms with van der Waals surface area (Å²) in [6.07, 6.45) is 2.15. The minimum absolute atomic E-state index is 0.131. The van der Waals surface area contributed by atoms with Crippen molar-refractivity contribution < 1.29 is 9.53 Å². The van der Waals surface area contributed by atoms with E-state index in [4.69, 9.17) is 4.74 Å². The zero-order valence-electron chi connectivity index (χ0n) is 16.3. The molecule has 0 radical (unpaired) electrons. The molecule has 4 rings (SSSR count). The van der Waals surface area contributed by atoms with Gasteiger partial charge < -0.3 is 4.74 Å². The average molecular weight is 378 g/mol. The van der Waals surface area contributed by atoms with E-state index in [1.54, 1.807) is 0 Å². The van der Waals surface area contributed by atoms with E-state index >= 15 is 0 Å². The Balaban J connectivity index is 1.73. The Morgan fingerprint density at radius 3 is 2.17 bits per heavy atom. The van der Waals surface area contributed by atoms with Crippen LogP contribution in [-0.4, -0.2) is 5.97 Å². The van der Waals surface area contributed by atoms with Crippen LogP contribution >= 0.6 is 0 Å². The summed E-state index contributed by atoms with van der Waals surface area (Å²) in [4.78, 5) is 12.8. The van der Waals surface area contributed by atoms with E-state index in [9.17, 15) is 4.79 Å². The number of benzene rings is 3. The highest BCUT2D eigenvalue weighted by atomic mass is 16.5. The van der Waals surface area contributed by atoms with Crippen molar-refractivity contribution in [3.05, 3.63) is 119 Å². The second-order valence-electron chi connectivity index (χ2n) is 7.31. The van der Waals surface area contributed by atoms with Gasteiger partial charge in [0.05, 0.1) is 5.92 Å². The second kappa shape index (κ2) is 8.63. The van der Waals surface area contributed by atoms with Crippen LogP contribution in [0.25, 0.3) is 0 Å². The molecule has 0 unspecified atom stereocenters. The van der Waals surface area contributed by atoms with Gasteiger partial charge in [-0.25, -0.2) is 0 Å². The minimum atomic E-state index is -0.315. The number of carbonyl (C=O) groups is 1. The molecule has 29 heavy (non-hydrogen) atoms. The lowest BCUT2D eigenvalue weighted by atomic mass is 9.76. The van der Waals surface area contributed by atoms with Crippen LogP contribution in [0, 0.1) is 24.7 Å². The Kier molecular flexibility index (Phi) is 5.59. The number of rotatable bonds is 3. The molecule has 0 aromatic heterocycles. The summed E-state index contributed by atoms with van der Waals surface area (Å²) >= 11 is 0. The summed E-state index contributed by atoms with van der Waals surface area (Å²) < 4.78 is 5.44. The molecule has 1 aliphatic heterocycles. The molecule has 2 heteroatoms. The monoisotopic (exact) mass is 378 g/mol. The number of hydrogen-bond acceptors (Lipinski definition) is 2. The van der Waals surface area contributed by atoms with Crippen molar-refractivity contribution in [2.45, 2.75) is 19.3 Å². The molecule has 0 saturated carbocycles. The van der Waals surface area contributed by atoms with Gasteiger partial charge in [0.15, 0.2) is 0 Å². The lowest BCUT2D eigenvalue weighted by Crippen LogP contribution is -2.30. The van der Waals surface area contributed by atoms with Gasteiger partial charge in [0.1, 0.15) is 6.26 Å². The highest BCUT2D eigenvalue weighted by Crippen LogP contribution is 2.38. The first kappa shape index (κ1) is 18.8. The van der Waals surface area contributed by atoms with E-state index in [1.807, 2.05) is 60.7 Å². The average Bonchev–Trinajstić information content (AvgIpc) is 2.76. The van der Waals surface area contributed by atoms with E-state index in [0.717, 1.165) is 22.3 Å². The molecule has 0 amide bonds. The zero-order chi connectivity index (χ0) is 20.1. The molecule has 1 heterocycles. The van der Waals surface area contributed by atoms with E-state index in [-0.39, 0.29) is 17.8 Å².